The van der Waals surface area contributed by atoms with E-state index in [-0.39, 0.29) is 0 Å². The third-order valence-electron chi connectivity index (χ3n) is 2.86. The standard InChI is InChI=1S/C14H26N4/c1-5-8-15-13-12(6-2)14(18-10-17-13)16-9-7-11(3)4/h10-11H,5-9H2,1-4H3,(H2,15,16,17,18). The Kier molecular flexibility index (Phi) is 6.47. The Morgan fingerprint density at radius 1 is 1.06 bits per heavy atom. The molecule has 2 N–H and O–H groups in total. The van der Waals surface area contributed by atoms with Crippen molar-refractivity contribution >= 4 is 11.6 Å². The molecule has 1 rings (SSSR count). The molecule has 0 atom stereocenters. The molecule has 0 amide bonds. The Balaban J connectivity index is 2.71. The average Bonchev–Trinajstić information content (AvgIpc) is 2.36. The van der Waals surface area contributed by atoms with Crippen LogP contribution in [0.3, 0.4) is 0 Å². The van der Waals surface area contributed by atoms with Crippen molar-refractivity contribution in [3.8, 4) is 0 Å². The molecule has 0 radical (unpaired) electrons. The molecule has 1 heterocycles. The maximum atomic E-state index is 4.35. The smallest absolute Gasteiger partial charge is 0.134 e. The largest absolute Gasteiger partial charge is 0.370 e. The first kappa shape index (κ1) is 14.7. The van der Waals surface area contributed by atoms with Crippen LogP contribution >= 0.6 is 0 Å². The molecule has 4 nitrogen and oxygen atoms in total. The predicted molar refractivity (Wildman–Crippen MR) is 78.1 cm³/mol. The summed E-state index contributed by atoms with van der Waals surface area (Å²) in [4.78, 5) is 8.68. The minimum atomic E-state index is 0.710. The third kappa shape index (κ3) is 4.51. The second-order valence-corrected chi connectivity index (χ2v) is 4.94. The van der Waals surface area contributed by atoms with E-state index in [2.05, 4.69) is 48.3 Å². The van der Waals surface area contributed by atoms with Crippen LogP contribution in [0.2, 0.25) is 0 Å². The summed E-state index contributed by atoms with van der Waals surface area (Å²) in [6.45, 7) is 10.7. The summed E-state index contributed by atoms with van der Waals surface area (Å²) in [5.74, 6) is 2.66. The highest BCUT2D eigenvalue weighted by atomic mass is 15.1. The van der Waals surface area contributed by atoms with Gasteiger partial charge in [0.2, 0.25) is 0 Å². The molecule has 18 heavy (non-hydrogen) atoms. The van der Waals surface area contributed by atoms with E-state index < -0.39 is 0 Å². The molecular weight excluding hydrogens is 224 g/mol. The first-order chi connectivity index (χ1) is 8.69. The van der Waals surface area contributed by atoms with Gasteiger partial charge in [0.05, 0.1) is 0 Å². The van der Waals surface area contributed by atoms with Crippen molar-refractivity contribution in [3.63, 3.8) is 0 Å². The molecule has 0 spiro atoms. The van der Waals surface area contributed by atoms with Gasteiger partial charge in [-0.2, -0.15) is 0 Å². The lowest BCUT2D eigenvalue weighted by Gasteiger charge is -2.14. The number of nitrogens with one attached hydrogen (secondary N) is 2. The Labute approximate surface area is 111 Å². The van der Waals surface area contributed by atoms with Crippen LogP contribution in [0.25, 0.3) is 0 Å². The molecule has 0 aliphatic heterocycles. The lowest BCUT2D eigenvalue weighted by Crippen LogP contribution is -2.12. The van der Waals surface area contributed by atoms with E-state index in [0.29, 0.717) is 5.92 Å². The van der Waals surface area contributed by atoms with Gasteiger partial charge in [0.15, 0.2) is 0 Å². The van der Waals surface area contributed by atoms with Gasteiger partial charge in [0.25, 0.3) is 0 Å². The van der Waals surface area contributed by atoms with Crippen molar-refractivity contribution in [1.82, 2.24) is 9.97 Å². The topological polar surface area (TPSA) is 49.8 Å². The Hall–Kier alpha value is -1.32. The van der Waals surface area contributed by atoms with Crippen molar-refractivity contribution in [3.05, 3.63) is 11.9 Å². The number of anilines is 2. The molecule has 1 aromatic heterocycles. The van der Waals surface area contributed by atoms with Gasteiger partial charge in [0.1, 0.15) is 18.0 Å². The van der Waals surface area contributed by atoms with Gasteiger partial charge in [-0.05, 0) is 25.2 Å². The first-order valence-corrected chi connectivity index (χ1v) is 7.00. The molecule has 0 saturated heterocycles. The minimum Gasteiger partial charge on any atom is -0.370 e. The molecule has 4 heteroatoms. The van der Waals surface area contributed by atoms with Crippen LogP contribution in [-0.4, -0.2) is 23.1 Å². The van der Waals surface area contributed by atoms with Crippen LogP contribution in [0.1, 0.15) is 46.1 Å². The van der Waals surface area contributed by atoms with Gasteiger partial charge < -0.3 is 10.6 Å². The van der Waals surface area contributed by atoms with E-state index in [4.69, 9.17) is 0 Å². The van der Waals surface area contributed by atoms with E-state index in [1.54, 1.807) is 6.33 Å². The number of hydrogen-bond donors (Lipinski definition) is 2. The summed E-state index contributed by atoms with van der Waals surface area (Å²) in [7, 11) is 0. The van der Waals surface area contributed by atoms with Crippen LogP contribution in [-0.2, 0) is 6.42 Å². The fraction of sp³-hybridized carbons (Fsp3) is 0.714. The van der Waals surface area contributed by atoms with Crippen LogP contribution in [0, 0.1) is 5.92 Å². The summed E-state index contributed by atoms with van der Waals surface area (Å²) in [6.07, 6.45) is 4.83. The highest BCUT2D eigenvalue weighted by Crippen LogP contribution is 2.20. The maximum absolute atomic E-state index is 4.35. The molecule has 0 aliphatic carbocycles. The molecule has 1 aromatic rings. The fourth-order valence-corrected chi connectivity index (χ4v) is 1.77. The monoisotopic (exact) mass is 250 g/mol. The number of hydrogen-bond acceptors (Lipinski definition) is 4. The van der Waals surface area contributed by atoms with Crippen LogP contribution in [0.5, 0.6) is 0 Å². The van der Waals surface area contributed by atoms with Gasteiger partial charge in [-0.1, -0.05) is 27.7 Å². The van der Waals surface area contributed by atoms with E-state index in [1.165, 1.54) is 5.56 Å². The van der Waals surface area contributed by atoms with Crippen LogP contribution in [0.15, 0.2) is 6.33 Å². The lowest BCUT2D eigenvalue weighted by atomic mass is 10.1. The van der Waals surface area contributed by atoms with E-state index in [9.17, 15) is 0 Å². The summed E-state index contributed by atoms with van der Waals surface area (Å²) in [5.41, 5.74) is 1.19. The number of nitrogens with zero attached hydrogens (tertiary/aromatic N) is 2. The summed E-state index contributed by atoms with van der Waals surface area (Å²) >= 11 is 0. The first-order valence-electron chi connectivity index (χ1n) is 7.00. The zero-order valence-electron chi connectivity index (χ0n) is 12.1. The predicted octanol–water partition coefficient (Wildman–Crippen LogP) is 3.32. The highest BCUT2D eigenvalue weighted by molar-refractivity contribution is 5.57. The Morgan fingerprint density at radius 2 is 1.67 bits per heavy atom. The van der Waals surface area contributed by atoms with Crippen molar-refractivity contribution in [2.24, 2.45) is 5.92 Å². The zero-order chi connectivity index (χ0) is 13.4. The van der Waals surface area contributed by atoms with E-state index in [1.807, 2.05) is 0 Å². The quantitative estimate of drug-likeness (QED) is 0.743. The van der Waals surface area contributed by atoms with E-state index in [0.717, 1.165) is 44.0 Å². The fourth-order valence-electron chi connectivity index (χ4n) is 1.77. The second-order valence-electron chi connectivity index (χ2n) is 4.94. The van der Waals surface area contributed by atoms with Crippen molar-refractivity contribution in [1.29, 1.82) is 0 Å². The van der Waals surface area contributed by atoms with Gasteiger partial charge >= 0.3 is 0 Å². The molecule has 102 valence electrons. The van der Waals surface area contributed by atoms with Crippen molar-refractivity contribution in [2.75, 3.05) is 23.7 Å². The summed E-state index contributed by atoms with van der Waals surface area (Å²) < 4.78 is 0. The summed E-state index contributed by atoms with van der Waals surface area (Å²) in [6, 6.07) is 0. The average molecular weight is 250 g/mol. The second kappa shape index (κ2) is 7.90. The molecule has 0 bridgehead atoms. The molecule has 0 fully saturated rings. The molecule has 0 saturated carbocycles. The number of rotatable bonds is 8. The van der Waals surface area contributed by atoms with Crippen LogP contribution in [0.4, 0.5) is 11.6 Å². The third-order valence-corrected chi connectivity index (χ3v) is 2.86. The van der Waals surface area contributed by atoms with Gasteiger partial charge in [-0.25, -0.2) is 9.97 Å². The highest BCUT2D eigenvalue weighted by Gasteiger charge is 2.08. The molecule has 0 aliphatic rings. The molecular formula is C14H26N4. The van der Waals surface area contributed by atoms with Crippen molar-refractivity contribution in [2.45, 2.75) is 47.0 Å². The summed E-state index contributed by atoms with van der Waals surface area (Å²) in [5, 5.41) is 6.78. The van der Waals surface area contributed by atoms with Gasteiger partial charge in [-0.15, -0.1) is 0 Å². The van der Waals surface area contributed by atoms with E-state index >= 15 is 0 Å². The van der Waals surface area contributed by atoms with Crippen molar-refractivity contribution < 1.29 is 0 Å². The Morgan fingerprint density at radius 3 is 2.17 bits per heavy atom. The Bertz CT molecular complexity index is 350. The molecule has 0 unspecified atom stereocenters. The molecule has 0 aromatic carbocycles. The minimum absolute atomic E-state index is 0.710. The van der Waals surface area contributed by atoms with Gasteiger partial charge in [0, 0.05) is 18.7 Å². The maximum Gasteiger partial charge on any atom is 0.134 e. The van der Waals surface area contributed by atoms with Crippen LogP contribution < -0.4 is 10.6 Å². The SMILES string of the molecule is CCCNc1ncnc(NCCC(C)C)c1CC. The van der Waals surface area contributed by atoms with Gasteiger partial charge in [-0.3, -0.25) is 0 Å². The number of aromatic nitrogens is 2. The normalized spacial score (nSPS) is 10.7. The lowest BCUT2D eigenvalue weighted by molar-refractivity contribution is 0.606. The zero-order valence-corrected chi connectivity index (χ0v) is 12.1.